The Kier molecular flexibility index (Phi) is 2.79. The van der Waals surface area contributed by atoms with Crippen LogP contribution in [0, 0.1) is 10.1 Å². The van der Waals surface area contributed by atoms with Crippen LogP contribution in [0.5, 0.6) is 0 Å². The van der Waals surface area contributed by atoms with Crippen LogP contribution >= 0.6 is 0 Å². The van der Waals surface area contributed by atoms with E-state index in [0.29, 0.717) is 5.39 Å². The first-order valence-corrected chi connectivity index (χ1v) is 5.92. The van der Waals surface area contributed by atoms with Gasteiger partial charge in [-0.25, -0.2) is 0 Å². The van der Waals surface area contributed by atoms with Gasteiger partial charge in [-0.2, -0.15) is 5.10 Å². The highest BCUT2D eigenvalue weighted by molar-refractivity contribution is 6.00. The molecule has 0 unspecified atom stereocenters. The summed E-state index contributed by atoms with van der Waals surface area (Å²) in [6.45, 7) is 0. The lowest BCUT2D eigenvalue weighted by molar-refractivity contribution is -0.383. The summed E-state index contributed by atoms with van der Waals surface area (Å²) in [6.07, 6.45) is 6.63. The summed E-state index contributed by atoms with van der Waals surface area (Å²) in [4.78, 5) is 14.6. The number of nitro benzene ring substituents is 1. The van der Waals surface area contributed by atoms with Gasteiger partial charge in [0.25, 0.3) is 5.69 Å². The van der Waals surface area contributed by atoms with Crippen LogP contribution in [0.15, 0.2) is 43.0 Å². The minimum absolute atomic E-state index is 0.0461. The van der Waals surface area contributed by atoms with Crippen LogP contribution in [0.3, 0.4) is 0 Å². The highest BCUT2D eigenvalue weighted by Crippen LogP contribution is 2.32. The number of benzene rings is 1. The topological polar surface area (TPSA) is 85.9 Å². The summed E-state index contributed by atoms with van der Waals surface area (Å²) in [5, 5.41) is 19.6. The van der Waals surface area contributed by atoms with Crippen molar-refractivity contribution in [1.29, 1.82) is 0 Å². The fourth-order valence-corrected chi connectivity index (χ4v) is 2.08. The molecule has 0 aliphatic heterocycles. The third kappa shape index (κ3) is 2.05. The predicted octanol–water partition coefficient (Wildman–Crippen LogP) is 2.62. The van der Waals surface area contributed by atoms with Gasteiger partial charge in [-0.3, -0.25) is 19.8 Å². The van der Waals surface area contributed by atoms with Gasteiger partial charge in [-0.05, 0) is 12.1 Å². The molecule has 7 heteroatoms. The molecule has 0 aliphatic carbocycles. The van der Waals surface area contributed by atoms with Gasteiger partial charge in [0, 0.05) is 42.8 Å². The summed E-state index contributed by atoms with van der Waals surface area (Å²) in [5.74, 6) is 0. The Morgan fingerprint density at radius 2 is 2.10 bits per heavy atom. The second kappa shape index (κ2) is 4.61. The van der Waals surface area contributed by atoms with E-state index in [4.69, 9.17) is 0 Å². The number of anilines is 2. The zero-order chi connectivity index (χ0) is 14.1. The highest BCUT2D eigenvalue weighted by Gasteiger charge is 2.14. The zero-order valence-electron chi connectivity index (χ0n) is 10.6. The molecule has 0 fully saturated rings. The third-order valence-corrected chi connectivity index (χ3v) is 2.98. The second-order valence-electron chi connectivity index (χ2n) is 4.34. The molecule has 1 N–H and O–H groups in total. The molecule has 2 aromatic heterocycles. The quantitative estimate of drug-likeness (QED) is 0.583. The van der Waals surface area contributed by atoms with Gasteiger partial charge in [-0.1, -0.05) is 0 Å². The number of nitro groups is 1. The summed E-state index contributed by atoms with van der Waals surface area (Å²) in [6, 6.07) is 4.91. The molecule has 2 heterocycles. The van der Waals surface area contributed by atoms with Crippen LogP contribution in [-0.4, -0.2) is 19.7 Å². The van der Waals surface area contributed by atoms with E-state index in [9.17, 15) is 10.1 Å². The fourth-order valence-electron chi connectivity index (χ4n) is 2.08. The molecule has 3 rings (SSSR count). The number of fused-ring (bicyclic) bond motifs is 1. The standard InChI is InChI=1S/C13H11N5O2/c1-17-8-9(6-15-17)16-12-2-3-13(18(19)20)11-7-14-5-4-10(11)12/h2-8,16H,1H3. The molecule has 20 heavy (non-hydrogen) atoms. The molecule has 7 nitrogen and oxygen atoms in total. The Bertz CT molecular complexity index is 796. The van der Waals surface area contributed by atoms with Crippen molar-refractivity contribution in [3.63, 3.8) is 0 Å². The molecule has 0 saturated carbocycles. The van der Waals surface area contributed by atoms with Gasteiger partial charge in [-0.15, -0.1) is 0 Å². The number of hydrogen-bond donors (Lipinski definition) is 1. The predicted molar refractivity (Wildman–Crippen MR) is 74.9 cm³/mol. The van der Waals surface area contributed by atoms with Crippen LogP contribution in [0.4, 0.5) is 17.1 Å². The fraction of sp³-hybridized carbons (Fsp3) is 0.0769. The van der Waals surface area contributed by atoms with Gasteiger partial charge in [0.2, 0.25) is 0 Å². The number of nitrogens with zero attached hydrogens (tertiary/aromatic N) is 4. The molecule has 0 bridgehead atoms. The smallest absolute Gasteiger partial charge is 0.278 e. The minimum atomic E-state index is -0.405. The molecule has 0 radical (unpaired) electrons. The molecule has 0 aliphatic rings. The molecule has 1 aromatic carbocycles. The molecular weight excluding hydrogens is 258 g/mol. The first-order chi connectivity index (χ1) is 9.65. The number of hydrogen-bond acceptors (Lipinski definition) is 5. The van der Waals surface area contributed by atoms with E-state index in [-0.39, 0.29) is 5.69 Å². The Labute approximate surface area is 114 Å². The number of aryl methyl sites for hydroxylation is 1. The van der Waals surface area contributed by atoms with Crippen molar-refractivity contribution >= 4 is 27.8 Å². The minimum Gasteiger partial charge on any atom is -0.352 e. The summed E-state index contributed by atoms with van der Waals surface area (Å²) in [7, 11) is 1.82. The monoisotopic (exact) mass is 269 g/mol. The maximum atomic E-state index is 11.0. The van der Waals surface area contributed by atoms with Crippen molar-refractivity contribution in [3.8, 4) is 0 Å². The number of rotatable bonds is 3. The highest BCUT2D eigenvalue weighted by atomic mass is 16.6. The van der Waals surface area contributed by atoms with Crippen LogP contribution in [0.25, 0.3) is 10.8 Å². The Balaban J connectivity index is 2.12. The van der Waals surface area contributed by atoms with Crippen molar-refractivity contribution in [2.24, 2.45) is 7.05 Å². The van der Waals surface area contributed by atoms with E-state index in [0.717, 1.165) is 16.8 Å². The molecule has 0 saturated heterocycles. The lowest BCUT2D eigenvalue weighted by Gasteiger charge is -2.08. The van der Waals surface area contributed by atoms with E-state index in [1.807, 2.05) is 13.2 Å². The van der Waals surface area contributed by atoms with Crippen molar-refractivity contribution < 1.29 is 4.92 Å². The Hall–Kier alpha value is -2.96. The largest absolute Gasteiger partial charge is 0.352 e. The maximum Gasteiger partial charge on any atom is 0.278 e. The average Bonchev–Trinajstić information content (AvgIpc) is 2.84. The van der Waals surface area contributed by atoms with E-state index < -0.39 is 4.92 Å². The number of non-ortho nitro benzene ring substituents is 1. The van der Waals surface area contributed by atoms with Crippen molar-refractivity contribution in [1.82, 2.24) is 14.8 Å². The van der Waals surface area contributed by atoms with Gasteiger partial charge >= 0.3 is 0 Å². The Morgan fingerprint density at radius 1 is 1.25 bits per heavy atom. The third-order valence-electron chi connectivity index (χ3n) is 2.98. The van der Waals surface area contributed by atoms with E-state index >= 15 is 0 Å². The Morgan fingerprint density at radius 3 is 2.80 bits per heavy atom. The van der Waals surface area contributed by atoms with Crippen molar-refractivity contribution in [3.05, 3.63) is 53.1 Å². The van der Waals surface area contributed by atoms with E-state index in [1.165, 1.54) is 12.3 Å². The van der Waals surface area contributed by atoms with Crippen LogP contribution < -0.4 is 5.32 Å². The summed E-state index contributed by atoms with van der Waals surface area (Å²) >= 11 is 0. The summed E-state index contributed by atoms with van der Waals surface area (Å²) < 4.78 is 1.68. The first kappa shape index (κ1) is 12.1. The zero-order valence-corrected chi connectivity index (χ0v) is 10.6. The second-order valence-corrected chi connectivity index (χ2v) is 4.34. The van der Waals surface area contributed by atoms with Crippen LogP contribution in [0.1, 0.15) is 0 Å². The van der Waals surface area contributed by atoms with Gasteiger partial charge in [0.15, 0.2) is 0 Å². The molecule has 100 valence electrons. The molecule has 0 atom stereocenters. The normalized spacial score (nSPS) is 10.7. The number of aromatic nitrogens is 3. The van der Waals surface area contributed by atoms with E-state index in [2.05, 4.69) is 15.4 Å². The van der Waals surface area contributed by atoms with E-state index in [1.54, 1.807) is 29.2 Å². The van der Waals surface area contributed by atoms with Gasteiger partial charge < -0.3 is 5.32 Å². The summed E-state index contributed by atoms with van der Waals surface area (Å²) in [5.41, 5.74) is 1.64. The van der Waals surface area contributed by atoms with Crippen molar-refractivity contribution in [2.75, 3.05) is 5.32 Å². The molecule has 3 aromatic rings. The molecule has 0 spiro atoms. The number of nitrogens with one attached hydrogen (secondary N) is 1. The lowest BCUT2D eigenvalue weighted by atomic mass is 10.1. The van der Waals surface area contributed by atoms with Gasteiger partial charge in [0.1, 0.15) is 0 Å². The SMILES string of the molecule is Cn1cc(Nc2ccc([N+](=O)[O-])c3cnccc23)cn1. The lowest BCUT2D eigenvalue weighted by Crippen LogP contribution is -1.95. The van der Waals surface area contributed by atoms with Crippen LogP contribution in [0.2, 0.25) is 0 Å². The van der Waals surface area contributed by atoms with Crippen LogP contribution in [-0.2, 0) is 7.05 Å². The van der Waals surface area contributed by atoms with Gasteiger partial charge in [0.05, 0.1) is 22.2 Å². The maximum absolute atomic E-state index is 11.0. The van der Waals surface area contributed by atoms with Crippen molar-refractivity contribution in [2.45, 2.75) is 0 Å². The average molecular weight is 269 g/mol. The molecular formula is C13H11N5O2. The number of pyridine rings is 1. The molecule has 0 amide bonds. The first-order valence-electron chi connectivity index (χ1n) is 5.92.